The minimum absolute atomic E-state index is 0.213. The molecule has 0 aliphatic heterocycles. The van der Waals surface area contributed by atoms with Crippen LogP contribution in [0.25, 0.3) is 22.3 Å². The number of imidazole rings is 1. The monoisotopic (exact) mass is 335 g/mol. The molecule has 0 saturated heterocycles. The van der Waals surface area contributed by atoms with Gasteiger partial charge in [0, 0.05) is 11.6 Å². The topological polar surface area (TPSA) is 89.6 Å². The van der Waals surface area contributed by atoms with Crippen molar-refractivity contribution >= 4 is 17.0 Å². The average molecular weight is 335 g/mol. The first-order valence-electron chi connectivity index (χ1n) is 7.67. The number of aromatic nitrogens is 4. The third kappa shape index (κ3) is 2.99. The molecule has 0 spiro atoms. The lowest BCUT2D eigenvalue weighted by Gasteiger charge is -2.07. The van der Waals surface area contributed by atoms with Crippen LogP contribution in [-0.4, -0.2) is 19.7 Å². The summed E-state index contributed by atoms with van der Waals surface area (Å²) in [7, 11) is 0. The smallest absolute Gasteiger partial charge is 0.267 e. The molecule has 2 aromatic carbocycles. The molecule has 0 aliphatic carbocycles. The highest BCUT2D eigenvalue weighted by Crippen LogP contribution is 2.17. The normalized spacial score (nSPS) is 11.1. The van der Waals surface area contributed by atoms with E-state index in [0.717, 1.165) is 22.2 Å². The minimum atomic E-state index is -0.316. The van der Waals surface area contributed by atoms with Gasteiger partial charge >= 0.3 is 0 Å². The maximum absolute atomic E-state index is 13.1. The number of anilines is 1. The van der Waals surface area contributed by atoms with Crippen LogP contribution in [0.3, 0.4) is 0 Å². The van der Waals surface area contributed by atoms with Crippen LogP contribution in [0.5, 0.6) is 0 Å². The summed E-state index contributed by atoms with van der Waals surface area (Å²) in [5.74, 6) is 0.0324. The largest absolute Gasteiger partial charge is 0.369 e. The Morgan fingerprint density at radius 2 is 1.88 bits per heavy atom. The summed E-state index contributed by atoms with van der Waals surface area (Å²) in [5, 5.41) is 4.38. The first kappa shape index (κ1) is 15.1. The highest BCUT2D eigenvalue weighted by atomic mass is 19.1. The van der Waals surface area contributed by atoms with Crippen LogP contribution in [0.15, 0.2) is 59.4 Å². The lowest BCUT2D eigenvalue weighted by atomic mass is 10.1. The van der Waals surface area contributed by atoms with Crippen LogP contribution < -0.4 is 11.3 Å². The predicted octanol–water partition coefficient (Wildman–Crippen LogP) is 2.56. The van der Waals surface area contributed by atoms with Gasteiger partial charge < -0.3 is 10.7 Å². The number of hydrogen-bond acceptors (Lipinski definition) is 4. The standard InChI is InChI=1S/C18H14FN5O/c19-13-4-2-12(3-5-13)14-7-8-17(25)24(23-14)10-11-1-6-15-16(9-11)22-18(20)21-15/h1-9H,10H2,(H3,20,21,22). The summed E-state index contributed by atoms with van der Waals surface area (Å²) >= 11 is 0. The van der Waals surface area contributed by atoms with Gasteiger partial charge in [0.1, 0.15) is 5.82 Å². The number of H-pyrrole nitrogens is 1. The van der Waals surface area contributed by atoms with Crippen molar-refractivity contribution in [2.75, 3.05) is 5.73 Å². The number of nitrogens with two attached hydrogens (primary N) is 1. The SMILES string of the molecule is Nc1nc2ccc(Cn3nc(-c4ccc(F)cc4)ccc3=O)cc2[nH]1. The van der Waals surface area contributed by atoms with Crippen molar-refractivity contribution in [2.24, 2.45) is 0 Å². The minimum Gasteiger partial charge on any atom is -0.369 e. The molecule has 6 nitrogen and oxygen atoms in total. The molecular formula is C18H14FN5O. The molecule has 0 saturated carbocycles. The van der Waals surface area contributed by atoms with Crippen molar-refractivity contribution in [1.29, 1.82) is 0 Å². The Morgan fingerprint density at radius 3 is 2.68 bits per heavy atom. The number of aromatic amines is 1. The highest BCUT2D eigenvalue weighted by molar-refractivity contribution is 5.77. The average Bonchev–Trinajstić information content (AvgIpc) is 2.97. The van der Waals surface area contributed by atoms with Gasteiger partial charge in [-0.1, -0.05) is 6.07 Å². The molecule has 0 bridgehead atoms. The quantitative estimate of drug-likeness (QED) is 0.602. The van der Waals surface area contributed by atoms with Crippen molar-refractivity contribution in [3.8, 4) is 11.3 Å². The van der Waals surface area contributed by atoms with Gasteiger partial charge in [0.2, 0.25) is 0 Å². The number of rotatable bonds is 3. The number of halogens is 1. The molecule has 4 rings (SSSR count). The van der Waals surface area contributed by atoms with E-state index in [0.29, 0.717) is 18.2 Å². The first-order valence-corrected chi connectivity index (χ1v) is 7.67. The Kier molecular flexibility index (Phi) is 3.53. The fourth-order valence-electron chi connectivity index (χ4n) is 2.68. The zero-order chi connectivity index (χ0) is 17.4. The van der Waals surface area contributed by atoms with Crippen LogP contribution in [0.4, 0.5) is 10.3 Å². The fraction of sp³-hybridized carbons (Fsp3) is 0.0556. The van der Waals surface area contributed by atoms with Gasteiger partial charge in [-0.15, -0.1) is 0 Å². The zero-order valence-corrected chi connectivity index (χ0v) is 13.1. The molecule has 0 amide bonds. The summed E-state index contributed by atoms with van der Waals surface area (Å²) in [4.78, 5) is 19.2. The number of hydrogen-bond donors (Lipinski definition) is 2. The number of benzene rings is 2. The molecule has 0 radical (unpaired) electrons. The Morgan fingerprint density at radius 1 is 1.08 bits per heavy atom. The van der Waals surface area contributed by atoms with Gasteiger partial charge in [-0.3, -0.25) is 4.79 Å². The summed E-state index contributed by atoms with van der Waals surface area (Å²) in [5.41, 5.74) is 9.24. The number of nitrogens with one attached hydrogen (secondary N) is 1. The van der Waals surface area contributed by atoms with Gasteiger partial charge in [0.15, 0.2) is 5.95 Å². The van der Waals surface area contributed by atoms with Crippen molar-refractivity contribution < 1.29 is 4.39 Å². The summed E-state index contributed by atoms with van der Waals surface area (Å²) in [6, 6.07) is 14.7. The molecule has 4 aromatic rings. The molecular weight excluding hydrogens is 321 g/mol. The van der Waals surface area contributed by atoms with Crippen LogP contribution in [0.2, 0.25) is 0 Å². The van der Waals surface area contributed by atoms with E-state index in [-0.39, 0.29) is 11.4 Å². The Balaban J connectivity index is 1.70. The highest BCUT2D eigenvalue weighted by Gasteiger charge is 2.06. The second-order valence-electron chi connectivity index (χ2n) is 5.69. The molecule has 2 aromatic heterocycles. The van der Waals surface area contributed by atoms with E-state index in [1.165, 1.54) is 22.9 Å². The number of nitrogens with zero attached hydrogens (tertiary/aromatic N) is 3. The van der Waals surface area contributed by atoms with Gasteiger partial charge in [-0.25, -0.2) is 14.1 Å². The molecule has 124 valence electrons. The Bertz CT molecular complexity index is 1110. The second kappa shape index (κ2) is 5.86. The van der Waals surface area contributed by atoms with Crippen LogP contribution in [0.1, 0.15) is 5.56 Å². The van der Waals surface area contributed by atoms with Gasteiger partial charge in [-0.05, 0) is 48.0 Å². The fourth-order valence-corrected chi connectivity index (χ4v) is 2.68. The maximum Gasteiger partial charge on any atom is 0.267 e. The molecule has 0 aliphatic rings. The van der Waals surface area contributed by atoms with E-state index < -0.39 is 0 Å². The third-order valence-electron chi connectivity index (χ3n) is 3.90. The van der Waals surface area contributed by atoms with Crippen LogP contribution in [-0.2, 0) is 6.54 Å². The van der Waals surface area contributed by atoms with E-state index >= 15 is 0 Å². The molecule has 0 atom stereocenters. The van der Waals surface area contributed by atoms with Crippen molar-refractivity contribution in [3.05, 3.63) is 76.3 Å². The zero-order valence-electron chi connectivity index (χ0n) is 13.1. The van der Waals surface area contributed by atoms with Gasteiger partial charge in [0.25, 0.3) is 5.56 Å². The van der Waals surface area contributed by atoms with E-state index in [2.05, 4.69) is 15.1 Å². The van der Waals surface area contributed by atoms with Crippen LogP contribution >= 0.6 is 0 Å². The molecule has 0 unspecified atom stereocenters. The second-order valence-corrected chi connectivity index (χ2v) is 5.69. The number of fused-ring (bicyclic) bond motifs is 1. The molecule has 7 heteroatoms. The summed E-state index contributed by atoms with van der Waals surface area (Å²) in [6.07, 6.45) is 0. The number of nitrogen functional groups attached to an aromatic ring is 1. The van der Waals surface area contributed by atoms with E-state index in [4.69, 9.17) is 5.73 Å². The maximum atomic E-state index is 13.1. The summed E-state index contributed by atoms with van der Waals surface area (Å²) < 4.78 is 14.4. The first-order chi connectivity index (χ1) is 12.1. The third-order valence-corrected chi connectivity index (χ3v) is 3.90. The van der Waals surface area contributed by atoms with E-state index in [1.807, 2.05) is 18.2 Å². The van der Waals surface area contributed by atoms with Crippen LogP contribution in [0, 0.1) is 5.82 Å². The lowest BCUT2D eigenvalue weighted by molar-refractivity contribution is 0.627. The molecule has 0 fully saturated rings. The van der Waals surface area contributed by atoms with Gasteiger partial charge in [0.05, 0.1) is 23.3 Å². The molecule has 25 heavy (non-hydrogen) atoms. The molecule has 2 heterocycles. The van der Waals surface area contributed by atoms with Crippen molar-refractivity contribution in [3.63, 3.8) is 0 Å². The summed E-state index contributed by atoms with van der Waals surface area (Å²) in [6.45, 7) is 0.308. The van der Waals surface area contributed by atoms with E-state index in [1.54, 1.807) is 18.2 Å². The van der Waals surface area contributed by atoms with Crippen molar-refractivity contribution in [1.82, 2.24) is 19.7 Å². The predicted molar refractivity (Wildman–Crippen MR) is 93.5 cm³/mol. The van der Waals surface area contributed by atoms with Gasteiger partial charge in [-0.2, -0.15) is 5.10 Å². The molecule has 3 N–H and O–H groups in total. The van der Waals surface area contributed by atoms with E-state index in [9.17, 15) is 9.18 Å². The Hall–Kier alpha value is -3.48. The lowest BCUT2D eigenvalue weighted by Crippen LogP contribution is -2.22. The van der Waals surface area contributed by atoms with Crippen molar-refractivity contribution in [2.45, 2.75) is 6.54 Å². The Labute approximate surface area is 141 Å².